The molecule has 0 aliphatic heterocycles. The first kappa shape index (κ1) is 15.1. The van der Waals surface area contributed by atoms with Gasteiger partial charge in [0.25, 0.3) is 0 Å². The van der Waals surface area contributed by atoms with Crippen molar-refractivity contribution in [1.82, 2.24) is 0 Å². The van der Waals surface area contributed by atoms with Gasteiger partial charge in [-0.05, 0) is 0 Å². The van der Waals surface area contributed by atoms with Crippen LogP contribution in [-0.4, -0.2) is 19.4 Å². The molecule has 0 saturated carbocycles. The second-order valence-corrected chi connectivity index (χ2v) is 7.14. The van der Waals surface area contributed by atoms with E-state index in [9.17, 15) is 0 Å². The summed E-state index contributed by atoms with van der Waals surface area (Å²) in [5, 5.41) is 0. The number of nitrogens with zero attached hydrogens (tertiary/aromatic N) is 1. The monoisotopic (exact) mass is 369 g/mol. The van der Waals surface area contributed by atoms with Crippen LogP contribution in [0.5, 0.6) is 0 Å². The van der Waals surface area contributed by atoms with Gasteiger partial charge < -0.3 is 0 Å². The minimum absolute atomic E-state index is 1.10. The summed E-state index contributed by atoms with van der Waals surface area (Å²) in [5.74, 6) is 0. The van der Waals surface area contributed by atoms with Crippen molar-refractivity contribution in [3.8, 4) is 0 Å². The van der Waals surface area contributed by atoms with Crippen molar-refractivity contribution in [1.29, 1.82) is 0 Å². The van der Waals surface area contributed by atoms with E-state index < -0.39 is 0 Å². The molecule has 0 radical (unpaired) electrons. The minimum atomic E-state index is 1.10. The Bertz CT molecular complexity index is 690. The summed E-state index contributed by atoms with van der Waals surface area (Å²) in [6.45, 7) is 0. The van der Waals surface area contributed by atoms with E-state index >= 15 is 0 Å². The molecule has 0 amide bonds. The van der Waals surface area contributed by atoms with Gasteiger partial charge in [0.15, 0.2) is 0 Å². The molecule has 3 rings (SSSR count). The summed E-state index contributed by atoms with van der Waals surface area (Å²) >= 11 is 4.96. The molecular weight excluding hydrogens is 353 g/mol. The van der Waals surface area contributed by atoms with E-state index in [1.807, 2.05) is 18.2 Å². The summed E-state index contributed by atoms with van der Waals surface area (Å²) < 4.78 is 1.10. The van der Waals surface area contributed by atoms with Crippen LogP contribution < -0.4 is 4.90 Å². The van der Waals surface area contributed by atoms with Crippen molar-refractivity contribution >= 4 is 42.6 Å². The van der Waals surface area contributed by atoms with Gasteiger partial charge in [-0.1, -0.05) is 0 Å². The van der Waals surface area contributed by atoms with E-state index in [4.69, 9.17) is 0 Å². The molecule has 0 aliphatic rings. The molecule has 0 heterocycles. The molecule has 0 unspecified atom stereocenters. The molecule has 0 bridgehead atoms. The fourth-order valence-corrected chi connectivity index (χ4v) is 3.99. The van der Waals surface area contributed by atoms with Crippen LogP contribution in [0.15, 0.2) is 95.9 Å². The Balaban J connectivity index is 1.94. The molecule has 0 spiro atoms. The molecule has 0 atom stereocenters. The Labute approximate surface area is 143 Å². The first-order valence-corrected chi connectivity index (χ1v) is 8.69. The molecule has 108 valence electrons. The average Bonchev–Trinajstić information content (AvgIpc) is 2.58. The number of para-hydroxylation sites is 2. The molecule has 0 N–H and O–H groups in total. The number of anilines is 2. The van der Waals surface area contributed by atoms with E-state index in [2.05, 4.69) is 93.3 Å². The quantitative estimate of drug-likeness (QED) is 0.467. The van der Waals surface area contributed by atoms with Crippen LogP contribution in [0.1, 0.15) is 0 Å². The fourth-order valence-electron chi connectivity index (χ4n) is 2.15. The van der Waals surface area contributed by atoms with Gasteiger partial charge in [-0.15, -0.1) is 0 Å². The molecule has 0 saturated heterocycles. The topological polar surface area (TPSA) is 3.24 Å². The van der Waals surface area contributed by atoms with Crippen LogP contribution in [0.25, 0.3) is 0 Å². The fraction of sp³-hybridized carbons (Fsp3) is 0. The van der Waals surface area contributed by atoms with Crippen molar-refractivity contribution in [3.05, 3.63) is 91.0 Å². The summed E-state index contributed by atoms with van der Waals surface area (Å²) in [4.78, 5) is 3.45. The summed E-state index contributed by atoms with van der Waals surface area (Å²) in [7, 11) is 0. The van der Waals surface area contributed by atoms with Crippen molar-refractivity contribution in [2.45, 2.75) is 4.90 Å². The maximum atomic E-state index is 3.23. The standard InChI is InChI=1S/C19H15NSSe/c22-19(21-18-14-8-3-9-15-18)20(16-10-4-1-5-11-16)17-12-6-2-7-13-17/h1-15H. The van der Waals surface area contributed by atoms with E-state index in [0.717, 1.165) is 15.2 Å². The van der Waals surface area contributed by atoms with Crippen molar-refractivity contribution in [2.75, 3.05) is 4.90 Å². The van der Waals surface area contributed by atoms with Crippen molar-refractivity contribution in [2.24, 2.45) is 0 Å². The summed E-state index contributed by atoms with van der Waals surface area (Å²) in [6, 6.07) is 31.2. The van der Waals surface area contributed by atoms with Gasteiger partial charge in [0.1, 0.15) is 0 Å². The molecule has 0 aliphatic carbocycles. The first-order valence-electron chi connectivity index (χ1n) is 7.02. The van der Waals surface area contributed by atoms with Crippen LogP contribution >= 0.6 is 11.8 Å². The third-order valence-electron chi connectivity index (χ3n) is 3.16. The Morgan fingerprint density at radius 3 is 1.50 bits per heavy atom. The number of rotatable bonds is 5. The zero-order valence-electron chi connectivity index (χ0n) is 11.9. The molecule has 0 aromatic heterocycles. The van der Waals surface area contributed by atoms with Gasteiger partial charge in [-0.3, -0.25) is 0 Å². The summed E-state index contributed by atoms with van der Waals surface area (Å²) in [6.07, 6.45) is 0. The number of hydrogen-bond acceptors (Lipinski definition) is 2. The molecule has 3 heteroatoms. The Kier molecular flexibility index (Phi) is 5.12. The molecule has 1 nitrogen and oxygen atoms in total. The SMILES string of the molecule is [Se]=C(Sc1ccccc1)N(c1ccccc1)c1ccccc1. The van der Waals surface area contributed by atoms with Gasteiger partial charge in [-0.25, -0.2) is 0 Å². The van der Waals surface area contributed by atoms with E-state index in [1.54, 1.807) is 11.8 Å². The normalized spacial score (nSPS) is 10.2. The van der Waals surface area contributed by atoms with Crippen LogP contribution in [0.2, 0.25) is 0 Å². The summed E-state index contributed by atoms with van der Waals surface area (Å²) in [5.41, 5.74) is 2.29. The predicted octanol–water partition coefficient (Wildman–Crippen LogP) is 4.87. The number of thioether (sulfide) groups is 1. The first-order chi connectivity index (χ1) is 10.8. The van der Waals surface area contributed by atoms with Crippen LogP contribution in [0.3, 0.4) is 0 Å². The van der Waals surface area contributed by atoms with Crippen LogP contribution in [-0.2, 0) is 0 Å². The van der Waals surface area contributed by atoms with Crippen LogP contribution in [0.4, 0.5) is 11.4 Å². The maximum absolute atomic E-state index is 3.23. The Morgan fingerprint density at radius 1 is 0.636 bits per heavy atom. The van der Waals surface area contributed by atoms with Gasteiger partial charge in [0.05, 0.1) is 0 Å². The van der Waals surface area contributed by atoms with Crippen molar-refractivity contribution in [3.63, 3.8) is 0 Å². The molecule has 3 aromatic rings. The van der Waals surface area contributed by atoms with Gasteiger partial charge in [-0.2, -0.15) is 0 Å². The van der Waals surface area contributed by atoms with E-state index in [-0.39, 0.29) is 0 Å². The van der Waals surface area contributed by atoms with Gasteiger partial charge >= 0.3 is 143 Å². The molecular formula is C19H15NSSe. The Morgan fingerprint density at radius 2 is 1.05 bits per heavy atom. The van der Waals surface area contributed by atoms with Crippen LogP contribution in [0, 0.1) is 0 Å². The predicted molar refractivity (Wildman–Crippen MR) is 98.1 cm³/mol. The second-order valence-electron chi connectivity index (χ2n) is 4.69. The number of hydrogen-bond donors (Lipinski definition) is 0. The van der Waals surface area contributed by atoms with Gasteiger partial charge in [0, 0.05) is 0 Å². The van der Waals surface area contributed by atoms with E-state index in [1.165, 1.54) is 4.90 Å². The third kappa shape index (κ3) is 3.69. The third-order valence-corrected chi connectivity index (χ3v) is 4.93. The van der Waals surface area contributed by atoms with E-state index in [0.29, 0.717) is 0 Å². The zero-order chi connectivity index (χ0) is 15.2. The average molecular weight is 368 g/mol. The Hall–Kier alpha value is -1.80. The molecule has 22 heavy (non-hydrogen) atoms. The van der Waals surface area contributed by atoms with Gasteiger partial charge in [0.2, 0.25) is 0 Å². The molecule has 3 aromatic carbocycles. The van der Waals surface area contributed by atoms with Crippen molar-refractivity contribution < 1.29 is 0 Å². The number of benzene rings is 3. The second kappa shape index (κ2) is 7.46. The molecule has 0 fully saturated rings. The zero-order valence-corrected chi connectivity index (χ0v) is 14.5.